The summed E-state index contributed by atoms with van der Waals surface area (Å²) in [6.07, 6.45) is 2.90. The van der Waals surface area contributed by atoms with Gasteiger partial charge in [-0.1, -0.05) is 57.0 Å². The SMILES string of the molecule is CCCCc1cc(=O)oc2c3c(c(Cl)cc12)OCN(c1c(C)cccc1C(C)C)C3. The Morgan fingerprint density at radius 1 is 1.23 bits per heavy atom. The van der Waals surface area contributed by atoms with Gasteiger partial charge < -0.3 is 14.1 Å². The molecule has 158 valence electrons. The summed E-state index contributed by atoms with van der Waals surface area (Å²) in [7, 11) is 0. The summed E-state index contributed by atoms with van der Waals surface area (Å²) in [5.74, 6) is 1.01. The molecule has 0 aliphatic carbocycles. The van der Waals surface area contributed by atoms with E-state index in [1.807, 2.05) is 6.07 Å². The van der Waals surface area contributed by atoms with Gasteiger partial charge in [0.25, 0.3) is 0 Å². The van der Waals surface area contributed by atoms with E-state index >= 15 is 0 Å². The molecule has 0 saturated heterocycles. The van der Waals surface area contributed by atoms with Crippen LogP contribution in [0, 0.1) is 6.92 Å². The molecule has 4 nitrogen and oxygen atoms in total. The predicted molar refractivity (Wildman–Crippen MR) is 123 cm³/mol. The summed E-state index contributed by atoms with van der Waals surface area (Å²) in [5, 5.41) is 1.48. The van der Waals surface area contributed by atoms with Crippen molar-refractivity contribution in [3.05, 3.63) is 68.0 Å². The van der Waals surface area contributed by atoms with Gasteiger partial charge in [0, 0.05) is 17.1 Å². The summed E-state index contributed by atoms with van der Waals surface area (Å²) in [4.78, 5) is 14.5. The van der Waals surface area contributed by atoms with Gasteiger partial charge >= 0.3 is 5.63 Å². The highest BCUT2D eigenvalue weighted by atomic mass is 35.5. The smallest absolute Gasteiger partial charge is 0.336 e. The number of para-hydroxylation sites is 1. The van der Waals surface area contributed by atoms with E-state index < -0.39 is 0 Å². The van der Waals surface area contributed by atoms with Crippen LogP contribution >= 0.6 is 11.6 Å². The maximum atomic E-state index is 12.3. The van der Waals surface area contributed by atoms with E-state index in [0.29, 0.717) is 35.5 Å². The van der Waals surface area contributed by atoms with Crippen molar-refractivity contribution in [1.82, 2.24) is 0 Å². The molecule has 1 aliphatic heterocycles. The topological polar surface area (TPSA) is 42.7 Å². The van der Waals surface area contributed by atoms with Crippen molar-refractivity contribution in [2.24, 2.45) is 0 Å². The van der Waals surface area contributed by atoms with E-state index in [9.17, 15) is 4.79 Å². The second kappa shape index (κ2) is 8.35. The van der Waals surface area contributed by atoms with Crippen molar-refractivity contribution >= 4 is 28.3 Å². The maximum absolute atomic E-state index is 12.3. The number of halogens is 1. The molecule has 30 heavy (non-hydrogen) atoms. The molecule has 0 fully saturated rings. The zero-order valence-electron chi connectivity index (χ0n) is 18.0. The van der Waals surface area contributed by atoms with Crippen molar-refractivity contribution in [2.45, 2.75) is 59.4 Å². The number of aryl methyl sites for hydroxylation is 2. The van der Waals surface area contributed by atoms with Gasteiger partial charge in [0.2, 0.25) is 0 Å². The first-order valence-corrected chi connectivity index (χ1v) is 11.0. The first kappa shape index (κ1) is 20.8. The van der Waals surface area contributed by atoms with Crippen LogP contribution in [0.15, 0.2) is 39.5 Å². The number of ether oxygens (including phenoxy) is 1. The molecular weight excluding hydrogens is 398 g/mol. The van der Waals surface area contributed by atoms with Crippen LogP contribution in [0.1, 0.15) is 61.8 Å². The van der Waals surface area contributed by atoms with Crippen molar-refractivity contribution in [1.29, 1.82) is 0 Å². The molecule has 0 spiro atoms. The number of hydrogen-bond acceptors (Lipinski definition) is 4. The van der Waals surface area contributed by atoms with Crippen LogP contribution < -0.4 is 15.3 Å². The molecule has 4 rings (SSSR count). The van der Waals surface area contributed by atoms with Crippen LogP contribution in [0.5, 0.6) is 5.75 Å². The number of fused-ring (bicyclic) bond motifs is 3. The summed E-state index contributed by atoms with van der Waals surface area (Å²) < 4.78 is 11.8. The van der Waals surface area contributed by atoms with Gasteiger partial charge in [-0.15, -0.1) is 0 Å². The maximum Gasteiger partial charge on any atom is 0.336 e. The Morgan fingerprint density at radius 3 is 2.77 bits per heavy atom. The molecule has 0 unspecified atom stereocenters. The third-order valence-corrected chi connectivity index (χ3v) is 6.12. The quantitative estimate of drug-likeness (QED) is 0.433. The van der Waals surface area contributed by atoms with Crippen LogP contribution in [-0.4, -0.2) is 6.73 Å². The minimum atomic E-state index is -0.325. The van der Waals surface area contributed by atoms with Crippen LogP contribution in [0.3, 0.4) is 0 Å². The van der Waals surface area contributed by atoms with Crippen molar-refractivity contribution in [2.75, 3.05) is 11.6 Å². The standard InChI is InChI=1S/C25H28ClNO3/c1-5-6-9-17-11-22(28)30-24-19(17)12-21(26)25-20(24)13-27(14-29-25)23-16(4)8-7-10-18(23)15(2)3/h7-8,10-12,15H,5-6,9,13-14H2,1-4H3. The number of hydrogen-bond donors (Lipinski definition) is 0. The molecule has 0 saturated carbocycles. The molecule has 5 heteroatoms. The Hall–Kier alpha value is -2.46. The minimum Gasteiger partial charge on any atom is -0.471 e. The number of benzene rings is 2. The highest BCUT2D eigenvalue weighted by Gasteiger charge is 2.27. The van der Waals surface area contributed by atoms with Crippen LogP contribution in [0.2, 0.25) is 5.02 Å². The van der Waals surface area contributed by atoms with E-state index in [0.717, 1.165) is 35.8 Å². The summed E-state index contributed by atoms with van der Waals surface area (Å²) in [6, 6.07) is 9.86. The fourth-order valence-electron chi connectivity index (χ4n) is 4.35. The molecule has 3 aromatic rings. The fraction of sp³-hybridized carbons (Fsp3) is 0.400. The van der Waals surface area contributed by atoms with Crippen LogP contribution in [0.4, 0.5) is 5.69 Å². The average molecular weight is 426 g/mol. The van der Waals surface area contributed by atoms with Crippen LogP contribution in [-0.2, 0) is 13.0 Å². The number of nitrogens with zero attached hydrogens (tertiary/aromatic N) is 1. The van der Waals surface area contributed by atoms with Crippen molar-refractivity contribution in [3.63, 3.8) is 0 Å². The molecule has 0 bridgehead atoms. The number of anilines is 1. The minimum absolute atomic E-state index is 0.325. The van der Waals surface area contributed by atoms with E-state index in [2.05, 4.69) is 50.8 Å². The number of rotatable bonds is 5. The highest BCUT2D eigenvalue weighted by molar-refractivity contribution is 6.33. The van der Waals surface area contributed by atoms with E-state index in [-0.39, 0.29) is 5.63 Å². The third kappa shape index (κ3) is 3.69. The molecule has 0 radical (unpaired) electrons. The van der Waals surface area contributed by atoms with Gasteiger partial charge in [-0.25, -0.2) is 4.79 Å². The molecule has 1 aliphatic rings. The largest absolute Gasteiger partial charge is 0.471 e. The van der Waals surface area contributed by atoms with Gasteiger partial charge in [0.15, 0.2) is 6.73 Å². The Bertz CT molecular complexity index is 1150. The van der Waals surface area contributed by atoms with Crippen molar-refractivity contribution < 1.29 is 9.15 Å². The van der Waals surface area contributed by atoms with Gasteiger partial charge in [-0.2, -0.15) is 0 Å². The van der Waals surface area contributed by atoms with Crippen LogP contribution in [0.25, 0.3) is 11.0 Å². The summed E-state index contributed by atoms with van der Waals surface area (Å²) in [5.41, 5.74) is 5.76. The lowest BCUT2D eigenvalue weighted by atomic mass is 9.96. The zero-order chi connectivity index (χ0) is 21.4. The molecule has 0 amide bonds. The first-order valence-electron chi connectivity index (χ1n) is 10.7. The van der Waals surface area contributed by atoms with E-state index in [1.165, 1.54) is 16.8 Å². The lowest BCUT2D eigenvalue weighted by Crippen LogP contribution is -2.33. The first-order chi connectivity index (χ1) is 14.4. The molecule has 2 heterocycles. The van der Waals surface area contributed by atoms with E-state index in [1.54, 1.807) is 6.07 Å². The zero-order valence-corrected chi connectivity index (χ0v) is 18.8. The van der Waals surface area contributed by atoms with Gasteiger partial charge in [0.1, 0.15) is 11.3 Å². The highest BCUT2D eigenvalue weighted by Crippen LogP contribution is 2.42. The second-order valence-corrected chi connectivity index (χ2v) is 8.78. The Kier molecular flexibility index (Phi) is 5.79. The predicted octanol–water partition coefficient (Wildman–Crippen LogP) is 6.58. The molecule has 1 aromatic heterocycles. The van der Waals surface area contributed by atoms with Crippen molar-refractivity contribution in [3.8, 4) is 5.75 Å². The summed E-state index contributed by atoms with van der Waals surface area (Å²) in [6.45, 7) is 9.64. The fourth-order valence-corrected chi connectivity index (χ4v) is 4.63. The normalized spacial score (nSPS) is 13.6. The Labute approximate surface area is 182 Å². The second-order valence-electron chi connectivity index (χ2n) is 8.38. The molecule has 2 aromatic carbocycles. The summed E-state index contributed by atoms with van der Waals surface area (Å²) >= 11 is 6.61. The average Bonchev–Trinajstić information content (AvgIpc) is 2.72. The third-order valence-electron chi connectivity index (χ3n) is 5.84. The lowest BCUT2D eigenvalue weighted by molar-refractivity contribution is 0.288. The Morgan fingerprint density at radius 2 is 2.03 bits per heavy atom. The Balaban J connectivity index is 1.87. The number of unbranched alkanes of at least 4 members (excludes halogenated alkanes) is 1. The lowest BCUT2D eigenvalue weighted by Gasteiger charge is -2.34. The molecule has 0 N–H and O–H groups in total. The van der Waals surface area contributed by atoms with Gasteiger partial charge in [-0.05, 0) is 48.4 Å². The van der Waals surface area contributed by atoms with Gasteiger partial charge in [-0.3, -0.25) is 0 Å². The van der Waals surface area contributed by atoms with Gasteiger partial charge in [0.05, 0.1) is 17.1 Å². The molecular formula is C25H28ClNO3. The molecule has 0 atom stereocenters. The monoisotopic (exact) mass is 425 g/mol. The van der Waals surface area contributed by atoms with E-state index in [4.69, 9.17) is 20.8 Å².